The van der Waals surface area contributed by atoms with E-state index in [2.05, 4.69) is 4.98 Å². The zero-order valence-corrected chi connectivity index (χ0v) is 15.0. The van der Waals surface area contributed by atoms with E-state index >= 15 is 0 Å². The van der Waals surface area contributed by atoms with Gasteiger partial charge in [-0.2, -0.15) is 0 Å². The van der Waals surface area contributed by atoms with Crippen molar-refractivity contribution in [1.82, 2.24) is 14.5 Å². The summed E-state index contributed by atoms with van der Waals surface area (Å²) in [6, 6.07) is 11.9. The van der Waals surface area contributed by atoms with Gasteiger partial charge in [0.2, 0.25) is 0 Å². The molecule has 26 heavy (non-hydrogen) atoms. The van der Waals surface area contributed by atoms with E-state index in [1.54, 1.807) is 6.20 Å². The van der Waals surface area contributed by atoms with E-state index in [1.165, 1.54) is 6.42 Å². The molecule has 1 saturated heterocycles. The number of carbonyl (C=O) groups excluding carboxylic acids is 1. The molecule has 0 spiro atoms. The van der Waals surface area contributed by atoms with E-state index in [0.29, 0.717) is 12.2 Å². The summed E-state index contributed by atoms with van der Waals surface area (Å²) in [4.78, 5) is 19.2. The van der Waals surface area contributed by atoms with E-state index in [0.717, 1.165) is 48.4 Å². The Kier molecular flexibility index (Phi) is 4.61. The van der Waals surface area contributed by atoms with Crippen LogP contribution in [0.1, 0.15) is 36.5 Å². The quantitative estimate of drug-likeness (QED) is 0.714. The Morgan fingerprint density at radius 3 is 2.62 bits per heavy atom. The SMILES string of the molecule is CCOc1ccc(-n2ccc3cc(C(=O)N4CCCCC4)cnc32)cc1. The Bertz CT molecular complexity index is 909. The van der Waals surface area contributed by atoms with Crippen LogP contribution in [0.5, 0.6) is 5.75 Å². The highest BCUT2D eigenvalue weighted by molar-refractivity contribution is 5.97. The molecule has 1 fully saturated rings. The number of fused-ring (bicyclic) bond motifs is 1. The highest BCUT2D eigenvalue weighted by Crippen LogP contribution is 2.23. The van der Waals surface area contributed by atoms with Crippen molar-refractivity contribution in [2.75, 3.05) is 19.7 Å². The average molecular weight is 349 g/mol. The summed E-state index contributed by atoms with van der Waals surface area (Å²) in [6.07, 6.45) is 7.09. The van der Waals surface area contributed by atoms with Gasteiger partial charge < -0.3 is 14.2 Å². The number of ether oxygens (including phenoxy) is 1. The molecule has 0 N–H and O–H groups in total. The topological polar surface area (TPSA) is 47.4 Å². The summed E-state index contributed by atoms with van der Waals surface area (Å²) in [7, 11) is 0. The average Bonchev–Trinajstić information content (AvgIpc) is 3.12. The molecular weight excluding hydrogens is 326 g/mol. The first kappa shape index (κ1) is 16.6. The molecule has 4 rings (SSSR count). The van der Waals surface area contributed by atoms with Crippen LogP contribution in [0, 0.1) is 0 Å². The highest BCUT2D eigenvalue weighted by Gasteiger charge is 2.19. The van der Waals surface area contributed by atoms with E-state index in [9.17, 15) is 4.79 Å². The fourth-order valence-electron chi connectivity index (χ4n) is 3.50. The third-order valence-electron chi connectivity index (χ3n) is 4.84. The summed E-state index contributed by atoms with van der Waals surface area (Å²) in [5.41, 5.74) is 2.54. The molecule has 5 heteroatoms. The van der Waals surface area contributed by atoms with Crippen LogP contribution in [0.15, 0.2) is 48.8 Å². The molecule has 1 aliphatic heterocycles. The van der Waals surface area contributed by atoms with Gasteiger partial charge >= 0.3 is 0 Å². The van der Waals surface area contributed by atoms with Gasteiger partial charge in [-0.05, 0) is 62.6 Å². The maximum Gasteiger partial charge on any atom is 0.255 e. The van der Waals surface area contributed by atoms with Crippen LogP contribution < -0.4 is 4.74 Å². The number of piperidine rings is 1. The molecule has 0 saturated carbocycles. The predicted octanol–water partition coefficient (Wildman–Crippen LogP) is 4.05. The first-order valence-corrected chi connectivity index (χ1v) is 9.26. The normalized spacial score (nSPS) is 14.6. The Labute approximate surface area is 153 Å². The lowest BCUT2D eigenvalue weighted by molar-refractivity contribution is 0.0724. The summed E-state index contributed by atoms with van der Waals surface area (Å²) in [5.74, 6) is 0.947. The van der Waals surface area contributed by atoms with Crippen molar-refractivity contribution in [3.63, 3.8) is 0 Å². The Morgan fingerprint density at radius 1 is 1.12 bits per heavy atom. The van der Waals surface area contributed by atoms with Crippen LogP contribution in [-0.4, -0.2) is 40.1 Å². The predicted molar refractivity (Wildman–Crippen MR) is 102 cm³/mol. The number of hydrogen-bond acceptors (Lipinski definition) is 3. The molecule has 2 aromatic heterocycles. The minimum absolute atomic E-state index is 0.0907. The standard InChI is InChI=1S/C21H23N3O2/c1-2-26-19-8-6-18(7-9-19)24-13-10-16-14-17(15-22-20(16)24)21(25)23-11-4-3-5-12-23/h6-10,13-15H,2-5,11-12H2,1H3. The van der Waals surface area contributed by atoms with Gasteiger partial charge in [-0.3, -0.25) is 4.79 Å². The number of hydrogen-bond donors (Lipinski definition) is 0. The molecule has 0 radical (unpaired) electrons. The van der Waals surface area contributed by atoms with Gasteiger partial charge in [0.1, 0.15) is 11.4 Å². The summed E-state index contributed by atoms with van der Waals surface area (Å²) >= 11 is 0. The molecular formula is C21H23N3O2. The first-order valence-electron chi connectivity index (χ1n) is 9.26. The van der Waals surface area contributed by atoms with Gasteiger partial charge in [-0.15, -0.1) is 0 Å². The largest absolute Gasteiger partial charge is 0.494 e. The molecule has 134 valence electrons. The molecule has 3 heterocycles. The highest BCUT2D eigenvalue weighted by atomic mass is 16.5. The molecule has 0 atom stereocenters. The van der Waals surface area contributed by atoms with Crippen LogP contribution in [0.4, 0.5) is 0 Å². The lowest BCUT2D eigenvalue weighted by atomic mass is 10.1. The molecule has 0 aliphatic carbocycles. The lowest BCUT2D eigenvalue weighted by Crippen LogP contribution is -2.35. The van der Waals surface area contributed by atoms with Crippen LogP contribution in [-0.2, 0) is 0 Å². The van der Waals surface area contributed by atoms with Gasteiger partial charge in [0.05, 0.1) is 12.2 Å². The zero-order valence-electron chi connectivity index (χ0n) is 15.0. The number of benzene rings is 1. The first-order chi connectivity index (χ1) is 12.8. The van der Waals surface area contributed by atoms with Crippen molar-refractivity contribution in [3.05, 3.63) is 54.4 Å². The van der Waals surface area contributed by atoms with Crippen molar-refractivity contribution in [3.8, 4) is 11.4 Å². The van der Waals surface area contributed by atoms with Crippen LogP contribution in [0.3, 0.4) is 0 Å². The third-order valence-corrected chi connectivity index (χ3v) is 4.84. The fraction of sp³-hybridized carbons (Fsp3) is 0.333. The molecule has 1 amide bonds. The Morgan fingerprint density at radius 2 is 1.88 bits per heavy atom. The van der Waals surface area contributed by atoms with Crippen molar-refractivity contribution in [2.24, 2.45) is 0 Å². The zero-order chi connectivity index (χ0) is 17.9. The second kappa shape index (κ2) is 7.20. The van der Waals surface area contributed by atoms with Gasteiger partial charge in [-0.25, -0.2) is 4.98 Å². The number of likely N-dealkylation sites (tertiary alicyclic amines) is 1. The van der Waals surface area contributed by atoms with E-state index in [-0.39, 0.29) is 5.91 Å². The number of aromatic nitrogens is 2. The molecule has 0 bridgehead atoms. The lowest BCUT2D eigenvalue weighted by Gasteiger charge is -2.26. The fourth-order valence-corrected chi connectivity index (χ4v) is 3.50. The monoisotopic (exact) mass is 349 g/mol. The van der Waals surface area contributed by atoms with Crippen LogP contribution in [0.2, 0.25) is 0 Å². The van der Waals surface area contributed by atoms with Crippen molar-refractivity contribution in [1.29, 1.82) is 0 Å². The minimum Gasteiger partial charge on any atom is -0.494 e. The van der Waals surface area contributed by atoms with Crippen LogP contribution in [0.25, 0.3) is 16.7 Å². The molecule has 5 nitrogen and oxygen atoms in total. The minimum atomic E-state index is 0.0907. The molecule has 3 aromatic rings. The smallest absolute Gasteiger partial charge is 0.255 e. The van der Waals surface area contributed by atoms with Crippen molar-refractivity contribution < 1.29 is 9.53 Å². The Hall–Kier alpha value is -2.82. The van der Waals surface area contributed by atoms with Gasteiger partial charge in [0, 0.05) is 36.6 Å². The van der Waals surface area contributed by atoms with Gasteiger partial charge in [-0.1, -0.05) is 0 Å². The maximum absolute atomic E-state index is 12.7. The molecule has 0 unspecified atom stereocenters. The summed E-state index contributed by atoms with van der Waals surface area (Å²) in [5, 5.41) is 0.974. The summed E-state index contributed by atoms with van der Waals surface area (Å²) in [6.45, 7) is 4.33. The number of amides is 1. The van der Waals surface area contributed by atoms with E-state index < -0.39 is 0 Å². The second-order valence-electron chi connectivity index (χ2n) is 6.60. The maximum atomic E-state index is 12.7. The van der Waals surface area contributed by atoms with Crippen molar-refractivity contribution >= 4 is 16.9 Å². The molecule has 1 aromatic carbocycles. The third kappa shape index (κ3) is 3.17. The number of rotatable bonds is 4. The second-order valence-corrected chi connectivity index (χ2v) is 6.60. The number of pyridine rings is 1. The van der Waals surface area contributed by atoms with Crippen molar-refractivity contribution in [2.45, 2.75) is 26.2 Å². The Balaban J connectivity index is 1.61. The van der Waals surface area contributed by atoms with Gasteiger partial charge in [0.25, 0.3) is 5.91 Å². The number of carbonyl (C=O) groups is 1. The number of nitrogens with zero attached hydrogens (tertiary/aromatic N) is 3. The molecule has 1 aliphatic rings. The summed E-state index contributed by atoms with van der Waals surface area (Å²) < 4.78 is 7.53. The van der Waals surface area contributed by atoms with Crippen LogP contribution >= 0.6 is 0 Å². The van der Waals surface area contributed by atoms with E-state index in [4.69, 9.17) is 4.74 Å². The van der Waals surface area contributed by atoms with Gasteiger partial charge in [0.15, 0.2) is 0 Å². The van der Waals surface area contributed by atoms with E-state index in [1.807, 2.05) is 59.0 Å².